The molecule has 2 aromatic carbocycles. The SMILES string of the molecule is O=C(Nc1cccc(-n2cnnn2)c1)c1ccc(-n2cccc2)cc1. The lowest BCUT2D eigenvalue weighted by atomic mass is 10.2. The highest BCUT2D eigenvalue weighted by Gasteiger charge is 2.07. The molecule has 1 amide bonds. The van der Waals surface area contributed by atoms with Crippen molar-refractivity contribution in [1.29, 1.82) is 0 Å². The third-order valence-electron chi connectivity index (χ3n) is 3.75. The van der Waals surface area contributed by atoms with Crippen molar-refractivity contribution in [1.82, 2.24) is 24.8 Å². The van der Waals surface area contributed by atoms with Crippen LogP contribution in [0.5, 0.6) is 0 Å². The first-order valence-electron chi connectivity index (χ1n) is 7.68. The minimum Gasteiger partial charge on any atom is -0.324 e. The van der Waals surface area contributed by atoms with E-state index in [1.165, 1.54) is 11.0 Å². The highest BCUT2D eigenvalue weighted by atomic mass is 16.1. The van der Waals surface area contributed by atoms with Gasteiger partial charge < -0.3 is 9.88 Å². The zero-order chi connectivity index (χ0) is 17.1. The van der Waals surface area contributed by atoms with E-state index in [1.807, 2.05) is 65.5 Å². The smallest absolute Gasteiger partial charge is 0.255 e. The zero-order valence-electron chi connectivity index (χ0n) is 13.1. The van der Waals surface area contributed by atoms with Gasteiger partial charge in [0.2, 0.25) is 0 Å². The summed E-state index contributed by atoms with van der Waals surface area (Å²) in [6, 6.07) is 18.7. The molecule has 0 bridgehead atoms. The van der Waals surface area contributed by atoms with E-state index >= 15 is 0 Å². The molecule has 0 unspecified atom stereocenters. The summed E-state index contributed by atoms with van der Waals surface area (Å²) < 4.78 is 3.51. The number of tetrazole rings is 1. The molecule has 0 spiro atoms. The second kappa shape index (κ2) is 6.40. The van der Waals surface area contributed by atoms with Gasteiger partial charge in [0.25, 0.3) is 5.91 Å². The lowest BCUT2D eigenvalue weighted by molar-refractivity contribution is 0.102. The molecule has 7 heteroatoms. The quantitative estimate of drug-likeness (QED) is 0.624. The predicted octanol–water partition coefficient (Wildman–Crippen LogP) is 2.71. The number of amides is 1. The molecule has 7 nitrogen and oxygen atoms in total. The summed E-state index contributed by atoms with van der Waals surface area (Å²) >= 11 is 0. The summed E-state index contributed by atoms with van der Waals surface area (Å²) in [5, 5.41) is 13.9. The van der Waals surface area contributed by atoms with E-state index in [4.69, 9.17) is 0 Å². The van der Waals surface area contributed by atoms with Crippen molar-refractivity contribution < 1.29 is 4.79 Å². The monoisotopic (exact) mass is 330 g/mol. The molecule has 0 fully saturated rings. The van der Waals surface area contributed by atoms with Crippen LogP contribution in [0.15, 0.2) is 79.4 Å². The Morgan fingerprint density at radius 1 is 0.920 bits per heavy atom. The second-order valence-electron chi connectivity index (χ2n) is 5.40. The number of hydrogen-bond donors (Lipinski definition) is 1. The third-order valence-corrected chi connectivity index (χ3v) is 3.75. The van der Waals surface area contributed by atoms with Crippen LogP contribution in [0.25, 0.3) is 11.4 Å². The Labute approximate surface area is 143 Å². The number of benzene rings is 2. The van der Waals surface area contributed by atoms with Gasteiger partial charge in [-0.1, -0.05) is 6.07 Å². The van der Waals surface area contributed by atoms with Gasteiger partial charge in [-0.3, -0.25) is 4.79 Å². The van der Waals surface area contributed by atoms with E-state index in [0.29, 0.717) is 11.3 Å². The molecule has 122 valence electrons. The Kier molecular flexibility index (Phi) is 3.80. The maximum absolute atomic E-state index is 12.4. The van der Waals surface area contributed by atoms with Gasteiger partial charge in [-0.2, -0.15) is 0 Å². The normalized spacial score (nSPS) is 10.6. The summed E-state index contributed by atoms with van der Waals surface area (Å²) in [6.45, 7) is 0. The average Bonchev–Trinajstić information content (AvgIpc) is 3.36. The van der Waals surface area contributed by atoms with Crippen molar-refractivity contribution in [3.63, 3.8) is 0 Å². The molecular weight excluding hydrogens is 316 g/mol. The maximum atomic E-state index is 12.4. The van der Waals surface area contributed by atoms with Gasteiger partial charge in [0.15, 0.2) is 0 Å². The minimum atomic E-state index is -0.173. The molecule has 0 saturated carbocycles. The molecule has 0 aliphatic heterocycles. The molecule has 0 radical (unpaired) electrons. The predicted molar refractivity (Wildman–Crippen MR) is 92.9 cm³/mol. The molecular formula is C18H14N6O. The number of nitrogens with zero attached hydrogens (tertiary/aromatic N) is 5. The van der Waals surface area contributed by atoms with Crippen molar-refractivity contribution in [3.05, 3.63) is 84.9 Å². The van der Waals surface area contributed by atoms with Crippen LogP contribution in [-0.4, -0.2) is 30.7 Å². The molecule has 4 aromatic rings. The summed E-state index contributed by atoms with van der Waals surface area (Å²) in [5.41, 5.74) is 3.03. The minimum absolute atomic E-state index is 0.173. The lowest BCUT2D eigenvalue weighted by Gasteiger charge is -2.08. The van der Waals surface area contributed by atoms with Crippen LogP contribution < -0.4 is 5.32 Å². The Bertz CT molecular complexity index is 975. The van der Waals surface area contributed by atoms with Crippen molar-refractivity contribution in [2.24, 2.45) is 0 Å². The number of nitrogens with one attached hydrogen (secondary N) is 1. The molecule has 0 aliphatic carbocycles. The fraction of sp³-hybridized carbons (Fsp3) is 0. The number of carbonyl (C=O) groups is 1. The lowest BCUT2D eigenvalue weighted by Crippen LogP contribution is -2.12. The standard InChI is InChI=1S/C18H14N6O/c25-18(14-6-8-16(9-7-14)23-10-1-2-11-23)20-15-4-3-5-17(12-15)24-13-19-21-22-24/h1-13H,(H,20,25). The first-order chi connectivity index (χ1) is 12.3. The van der Waals surface area contributed by atoms with Gasteiger partial charge in [0.1, 0.15) is 6.33 Å². The van der Waals surface area contributed by atoms with Gasteiger partial charge in [0, 0.05) is 29.3 Å². The van der Waals surface area contributed by atoms with Crippen molar-refractivity contribution >= 4 is 11.6 Å². The van der Waals surface area contributed by atoms with E-state index in [2.05, 4.69) is 20.8 Å². The Hall–Kier alpha value is -3.74. The Morgan fingerprint density at radius 3 is 2.44 bits per heavy atom. The highest BCUT2D eigenvalue weighted by Crippen LogP contribution is 2.16. The Balaban J connectivity index is 1.51. The van der Waals surface area contributed by atoms with E-state index in [9.17, 15) is 4.79 Å². The molecule has 1 N–H and O–H groups in total. The maximum Gasteiger partial charge on any atom is 0.255 e. The van der Waals surface area contributed by atoms with Crippen molar-refractivity contribution in [2.45, 2.75) is 0 Å². The average molecular weight is 330 g/mol. The summed E-state index contributed by atoms with van der Waals surface area (Å²) in [5.74, 6) is -0.173. The van der Waals surface area contributed by atoms with Crippen molar-refractivity contribution in [3.8, 4) is 11.4 Å². The van der Waals surface area contributed by atoms with Gasteiger partial charge in [-0.15, -0.1) is 5.10 Å². The van der Waals surface area contributed by atoms with Crippen LogP contribution >= 0.6 is 0 Å². The number of aromatic nitrogens is 5. The largest absolute Gasteiger partial charge is 0.324 e. The van der Waals surface area contributed by atoms with E-state index < -0.39 is 0 Å². The summed E-state index contributed by atoms with van der Waals surface area (Å²) in [4.78, 5) is 12.4. The number of carbonyl (C=O) groups excluding carboxylic acids is 1. The van der Waals surface area contributed by atoms with Gasteiger partial charge in [-0.25, -0.2) is 4.68 Å². The topological polar surface area (TPSA) is 77.6 Å². The highest BCUT2D eigenvalue weighted by molar-refractivity contribution is 6.04. The fourth-order valence-electron chi connectivity index (χ4n) is 2.50. The van der Waals surface area contributed by atoms with Crippen LogP contribution in [0.2, 0.25) is 0 Å². The van der Waals surface area contributed by atoms with Crippen molar-refractivity contribution in [2.75, 3.05) is 5.32 Å². The molecule has 0 saturated heterocycles. The fourth-order valence-corrected chi connectivity index (χ4v) is 2.50. The molecule has 4 rings (SSSR count). The van der Waals surface area contributed by atoms with Gasteiger partial charge in [-0.05, 0) is 65.0 Å². The van der Waals surface area contributed by atoms with Crippen LogP contribution in [0.4, 0.5) is 5.69 Å². The van der Waals surface area contributed by atoms with E-state index in [1.54, 1.807) is 12.1 Å². The molecule has 0 aliphatic rings. The molecule has 0 atom stereocenters. The van der Waals surface area contributed by atoms with Gasteiger partial charge in [0.05, 0.1) is 5.69 Å². The van der Waals surface area contributed by atoms with Gasteiger partial charge >= 0.3 is 0 Å². The summed E-state index contributed by atoms with van der Waals surface area (Å²) in [6.07, 6.45) is 5.42. The number of anilines is 1. The molecule has 2 heterocycles. The first-order valence-corrected chi connectivity index (χ1v) is 7.68. The second-order valence-corrected chi connectivity index (χ2v) is 5.40. The van der Waals surface area contributed by atoms with Crippen LogP contribution in [0.3, 0.4) is 0 Å². The third kappa shape index (κ3) is 3.16. The Morgan fingerprint density at radius 2 is 1.72 bits per heavy atom. The molecule has 2 aromatic heterocycles. The van der Waals surface area contributed by atoms with Crippen LogP contribution in [-0.2, 0) is 0 Å². The summed E-state index contributed by atoms with van der Waals surface area (Å²) in [7, 11) is 0. The van der Waals surface area contributed by atoms with Crippen LogP contribution in [0, 0.1) is 0 Å². The zero-order valence-corrected chi connectivity index (χ0v) is 13.1. The first kappa shape index (κ1) is 14.8. The van der Waals surface area contributed by atoms with E-state index in [0.717, 1.165) is 11.4 Å². The number of rotatable bonds is 4. The number of hydrogen-bond acceptors (Lipinski definition) is 4. The van der Waals surface area contributed by atoms with Crippen LogP contribution in [0.1, 0.15) is 10.4 Å². The van der Waals surface area contributed by atoms with E-state index in [-0.39, 0.29) is 5.91 Å². The molecule has 25 heavy (non-hydrogen) atoms.